The topological polar surface area (TPSA) is 112 Å². The minimum Gasteiger partial charge on any atom is -0.477 e. The van der Waals surface area contributed by atoms with Gasteiger partial charge in [-0.25, -0.2) is 14.4 Å². The molecular formula is C27H50NO6+. The Morgan fingerprint density at radius 2 is 0.971 bits per heavy atom. The maximum Gasteiger partial charge on any atom is 0.362 e. The van der Waals surface area contributed by atoms with Crippen molar-refractivity contribution in [2.45, 2.75) is 136 Å². The lowest BCUT2D eigenvalue weighted by Crippen LogP contribution is -2.72. The highest BCUT2D eigenvalue weighted by Gasteiger charge is 2.56. The van der Waals surface area contributed by atoms with Gasteiger partial charge in [0, 0.05) is 19.3 Å². The molecule has 0 fully saturated rings. The summed E-state index contributed by atoms with van der Waals surface area (Å²) in [5.41, 5.74) is 0. The molecule has 198 valence electrons. The van der Waals surface area contributed by atoms with Crippen LogP contribution in [0.1, 0.15) is 118 Å². The molecule has 0 heterocycles. The van der Waals surface area contributed by atoms with Gasteiger partial charge in [-0.3, -0.25) is 4.48 Å². The Hall–Kier alpha value is -1.89. The lowest BCUT2D eigenvalue weighted by molar-refractivity contribution is -0.973. The van der Waals surface area contributed by atoms with Gasteiger partial charge in [-0.15, -0.1) is 0 Å². The van der Waals surface area contributed by atoms with Crippen molar-refractivity contribution in [2.75, 3.05) is 6.54 Å². The minimum atomic E-state index is -1.10. The van der Waals surface area contributed by atoms with Crippen LogP contribution in [0.15, 0.2) is 12.2 Å². The van der Waals surface area contributed by atoms with E-state index in [4.69, 9.17) is 0 Å². The van der Waals surface area contributed by atoms with E-state index in [1.54, 1.807) is 0 Å². The molecule has 0 aromatic rings. The van der Waals surface area contributed by atoms with Crippen LogP contribution in [0.2, 0.25) is 0 Å². The summed E-state index contributed by atoms with van der Waals surface area (Å²) in [6.07, 6.45) is 14.8. The van der Waals surface area contributed by atoms with Crippen LogP contribution < -0.4 is 0 Å². The average Bonchev–Trinajstić information content (AvgIpc) is 2.78. The predicted octanol–water partition coefficient (Wildman–Crippen LogP) is 6.26. The van der Waals surface area contributed by atoms with Crippen molar-refractivity contribution >= 4 is 17.9 Å². The third-order valence-corrected chi connectivity index (χ3v) is 6.84. The first-order chi connectivity index (χ1) is 16.2. The van der Waals surface area contributed by atoms with Gasteiger partial charge in [-0.05, 0) is 57.8 Å². The second-order valence-electron chi connectivity index (χ2n) is 9.46. The van der Waals surface area contributed by atoms with E-state index in [9.17, 15) is 29.7 Å². The summed E-state index contributed by atoms with van der Waals surface area (Å²) in [6, 6.07) is -3.16. The van der Waals surface area contributed by atoms with Gasteiger partial charge in [-0.1, -0.05) is 52.7 Å². The number of nitrogens with zero attached hydrogens (tertiary/aromatic N) is 1. The van der Waals surface area contributed by atoms with Crippen LogP contribution in [0.4, 0.5) is 0 Å². The second kappa shape index (κ2) is 18.4. The van der Waals surface area contributed by atoms with Crippen molar-refractivity contribution in [3.05, 3.63) is 12.2 Å². The molecule has 0 aromatic heterocycles. The number of carboxylic acids is 3. The predicted molar refractivity (Wildman–Crippen MR) is 136 cm³/mol. The minimum absolute atomic E-state index is 0.255. The summed E-state index contributed by atoms with van der Waals surface area (Å²) in [5, 5.41) is 30.6. The zero-order valence-corrected chi connectivity index (χ0v) is 22.0. The van der Waals surface area contributed by atoms with Gasteiger partial charge in [0.05, 0.1) is 6.54 Å². The number of hydrogen-bond acceptors (Lipinski definition) is 3. The fourth-order valence-corrected chi connectivity index (χ4v) is 5.22. The number of hydrogen-bond donors (Lipinski definition) is 3. The molecule has 0 aliphatic carbocycles. The van der Waals surface area contributed by atoms with Crippen molar-refractivity contribution in [1.82, 2.24) is 0 Å². The van der Waals surface area contributed by atoms with Gasteiger partial charge >= 0.3 is 17.9 Å². The van der Waals surface area contributed by atoms with Crippen LogP contribution in [0, 0.1) is 0 Å². The Bertz CT molecular complexity index is 558. The van der Waals surface area contributed by atoms with E-state index in [0.29, 0.717) is 25.7 Å². The molecule has 0 spiro atoms. The monoisotopic (exact) mass is 484 g/mol. The van der Waals surface area contributed by atoms with E-state index in [-0.39, 0.29) is 30.3 Å². The van der Waals surface area contributed by atoms with E-state index in [1.165, 1.54) is 19.3 Å². The molecule has 0 saturated heterocycles. The molecule has 0 bridgehead atoms. The number of aliphatic carboxylic acids is 3. The highest BCUT2D eigenvalue weighted by atomic mass is 16.4. The summed E-state index contributed by atoms with van der Waals surface area (Å²) in [7, 11) is 0. The van der Waals surface area contributed by atoms with Crippen LogP contribution in [0.5, 0.6) is 0 Å². The van der Waals surface area contributed by atoms with Gasteiger partial charge in [-0.2, -0.15) is 0 Å². The zero-order chi connectivity index (χ0) is 26.0. The van der Waals surface area contributed by atoms with E-state index in [2.05, 4.69) is 19.1 Å². The van der Waals surface area contributed by atoms with Crippen LogP contribution in [0.3, 0.4) is 0 Å². The summed E-state index contributed by atoms with van der Waals surface area (Å²) in [6.45, 7) is 8.03. The van der Waals surface area contributed by atoms with Crippen LogP contribution in [-0.4, -0.2) is 62.4 Å². The summed E-state index contributed by atoms with van der Waals surface area (Å²) in [4.78, 5) is 37.4. The van der Waals surface area contributed by atoms with Crippen molar-refractivity contribution < 1.29 is 34.2 Å². The number of carbonyl (C=O) groups is 3. The quantitative estimate of drug-likeness (QED) is 0.0950. The maximum atomic E-state index is 12.5. The van der Waals surface area contributed by atoms with Crippen LogP contribution in [0.25, 0.3) is 0 Å². The Balaban J connectivity index is 5.92. The molecule has 3 N–H and O–H groups in total. The Morgan fingerprint density at radius 3 is 1.29 bits per heavy atom. The lowest BCUT2D eigenvalue weighted by atomic mass is 9.91. The Kier molecular flexibility index (Phi) is 17.4. The average molecular weight is 485 g/mol. The Labute approximate surface area is 206 Å². The first kappa shape index (κ1) is 32.1. The lowest BCUT2D eigenvalue weighted by Gasteiger charge is -2.50. The highest BCUT2D eigenvalue weighted by molar-refractivity contribution is 5.78. The van der Waals surface area contributed by atoms with Crippen molar-refractivity contribution in [2.24, 2.45) is 0 Å². The molecule has 0 aliphatic rings. The SMILES string of the molecule is CCCCC/C=C/CCCCC[N+](C(CCC)C(=O)O)(C(CCC)C(=O)O)C(CCC)C(=O)O. The van der Waals surface area contributed by atoms with E-state index < -0.39 is 36.0 Å². The molecule has 0 aromatic carbocycles. The Morgan fingerprint density at radius 1 is 0.588 bits per heavy atom. The van der Waals surface area contributed by atoms with Gasteiger partial charge < -0.3 is 15.3 Å². The van der Waals surface area contributed by atoms with Crippen molar-refractivity contribution in [1.29, 1.82) is 0 Å². The number of allylic oxidation sites excluding steroid dienone is 2. The van der Waals surface area contributed by atoms with Crippen molar-refractivity contribution in [3.63, 3.8) is 0 Å². The fraction of sp³-hybridized carbons (Fsp3) is 0.815. The number of carboxylic acid groups (broad SMARTS) is 3. The van der Waals surface area contributed by atoms with E-state index >= 15 is 0 Å². The fourth-order valence-electron chi connectivity index (χ4n) is 5.22. The number of quaternary nitrogens is 1. The molecule has 3 unspecified atom stereocenters. The van der Waals surface area contributed by atoms with Gasteiger partial charge in [0.25, 0.3) is 0 Å². The van der Waals surface area contributed by atoms with Crippen molar-refractivity contribution in [3.8, 4) is 0 Å². The second-order valence-corrected chi connectivity index (χ2v) is 9.46. The maximum absolute atomic E-state index is 12.5. The standard InChI is InChI=1S/C27H49NO6/c1-5-9-10-11-12-13-14-15-16-17-21-28(22(18-6-2)25(29)30,23(19-7-3)26(31)32)24(20-8-4)27(33)34/h12-13,22-24H,5-11,14-21H2,1-4H3,(H2-,29,30,31,32,33,34)/p+1/b13-12+. The van der Waals surface area contributed by atoms with E-state index in [0.717, 1.165) is 25.7 Å². The van der Waals surface area contributed by atoms with E-state index in [1.807, 2.05) is 20.8 Å². The molecule has 0 saturated carbocycles. The van der Waals surface area contributed by atoms with Gasteiger partial charge in [0.15, 0.2) is 18.1 Å². The normalized spacial score (nSPS) is 16.1. The molecule has 0 aliphatic heterocycles. The summed E-state index contributed by atoms with van der Waals surface area (Å²) in [5.74, 6) is -3.29. The molecule has 7 heteroatoms. The smallest absolute Gasteiger partial charge is 0.362 e. The first-order valence-corrected chi connectivity index (χ1v) is 13.4. The van der Waals surface area contributed by atoms with Gasteiger partial charge in [0.1, 0.15) is 0 Å². The molecule has 0 rings (SSSR count). The number of rotatable bonds is 22. The zero-order valence-electron chi connectivity index (χ0n) is 22.0. The summed E-state index contributed by atoms with van der Waals surface area (Å²) < 4.78 is -0.387. The third-order valence-electron chi connectivity index (χ3n) is 6.84. The van der Waals surface area contributed by atoms with Gasteiger partial charge in [0.2, 0.25) is 0 Å². The largest absolute Gasteiger partial charge is 0.477 e. The molecule has 0 radical (unpaired) electrons. The highest BCUT2D eigenvalue weighted by Crippen LogP contribution is 2.34. The molecule has 7 nitrogen and oxygen atoms in total. The van der Waals surface area contributed by atoms with Crippen LogP contribution in [-0.2, 0) is 14.4 Å². The van der Waals surface area contributed by atoms with Crippen LogP contribution >= 0.6 is 0 Å². The first-order valence-electron chi connectivity index (χ1n) is 13.4. The molecule has 3 atom stereocenters. The molecular weight excluding hydrogens is 434 g/mol. The molecule has 34 heavy (non-hydrogen) atoms. The third kappa shape index (κ3) is 10.2. The summed E-state index contributed by atoms with van der Waals surface area (Å²) >= 11 is 0. The molecule has 0 amide bonds. The number of unbranched alkanes of at least 4 members (excludes halogenated alkanes) is 6.